The van der Waals surface area contributed by atoms with Crippen LogP contribution in [0.15, 0.2) is 18.3 Å². The molecule has 2 amide bonds. The monoisotopic (exact) mass is 304 g/mol. The zero-order valence-corrected chi connectivity index (χ0v) is 13.8. The highest BCUT2D eigenvalue weighted by Crippen LogP contribution is 2.18. The quantitative estimate of drug-likeness (QED) is 0.841. The minimum Gasteiger partial charge on any atom is -0.360 e. The predicted molar refractivity (Wildman–Crippen MR) is 91.4 cm³/mol. The van der Waals surface area contributed by atoms with Crippen LogP contribution in [-0.4, -0.2) is 30.6 Å². The topological polar surface area (TPSA) is 57.3 Å². The van der Waals surface area contributed by atoms with Crippen molar-refractivity contribution in [1.29, 1.82) is 0 Å². The molecule has 0 saturated heterocycles. The van der Waals surface area contributed by atoms with Gasteiger partial charge in [0.15, 0.2) is 0 Å². The SMILES string of the molecule is CCCCN(C)c1ccc(NC(=O)NC2CCCCC2)cn1. The average Bonchev–Trinajstić information content (AvgIpc) is 2.54. The lowest BCUT2D eigenvalue weighted by molar-refractivity contribution is 0.244. The maximum atomic E-state index is 12.0. The van der Waals surface area contributed by atoms with Crippen molar-refractivity contribution < 1.29 is 4.79 Å². The van der Waals surface area contributed by atoms with Crippen molar-refractivity contribution in [2.24, 2.45) is 0 Å². The molecule has 1 aromatic rings. The first-order chi connectivity index (χ1) is 10.7. The third-order valence-electron chi connectivity index (χ3n) is 4.18. The minimum absolute atomic E-state index is 0.124. The molecule has 2 rings (SSSR count). The van der Waals surface area contributed by atoms with E-state index >= 15 is 0 Å². The summed E-state index contributed by atoms with van der Waals surface area (Å²) < 4.78 is 0. The summed E-state index contributed by atoms with van der Waals surface area (Å²) in [6.07, 6.45) is 9.94. The van der Waals surface area contributed by atoms with Gasteiger partial charge in [0.05, 0.1) is 11.9 Å². The first-order valence-corrected chi connectivity index (χ1v) is 8.43. The van der Waals surface area contributed by atoms with Gasteiger partial charge in [0.2, 0.25) is 0 Å². The first kappa shape index (κ1) is 16.6. The standard InChI is InChI=1S/C17H28N4O/c1-3-4-12-21(2)16-11-10-15(13-18-16)20-17(22)19-14-8-6-5-7-9-14/h10-11,13-14H,3-9,12H2,1-2H3,(H2,19,20,22). The van der Waals surface area contributed by atoms with E-state index in [4.69, 9.17) is 0 Å². The highest BCUT2D eigenvalue weighted by molar-refractivity contribution is 5.89. The van der Waals surface area contributed by atoms with Crippen LogP contribution in [0, 0.1) is 0 Å². The fourth-order valence-corrected chi connectivity index (χ4v) is 2.80. The lowest BCUT2D eigenvalue weighted by atomic mass is 9.96. The largest absolute Gasteiger partial charge is 0.360 e. The molecular formula is C17H28N4O. The van der Waals surface area contributed by atoms with E-state index in [-0.39, 0.29) is 6.03 Å². The Kier molecular flexibility index (Phi) is 6.49. The fourth-order valence-electron chi connectivity index (χ4n) is 2.80. The van der Waals surface area contributed by atoms with Crippen molar-refractivity contribution in [1.82, 2.24) is 10.3 Å². The Morgan fingerprint density at radius 3 is 2.73 bits per heavy atom. The Morgan fingerprint density at radius 1 is 1.32 bits per heavy atom. The molecule has 0 radical (unpaired) electrons. The average molecular weight is 304 g/mol. The number of pyridine rings is 1. The van der Waals surface area contributed by atoms with Crippen molar-refractivity contribution in [2.45, 2.75) is 57.9 Å². The van der Waals surface area contributed by atoms with E-state index in [1.807, 2.05) is 19.2 Å². The van der Waals surface area contributed by atoms with Crippen LogP contribution in [0.25, 0.3) is 0 Å². The molecule has 1 heterocycles. The summed E-state index contributed by atoms with van der Waals surface area (Å²) >= 11 is 0. The van der Waals surface area contributed by atoms with Gasteiger partial charge in [-0.25, -0.2) is 9.78 Å². The molecule has 1 saturated carbocycles. The number of hydrogen-bond donors (Lipinski definition) is 2. The Balaban J connectivity index is 1.81. The maximum Gasteiger partial charge on any atom is 0.319 e. The smallest absolute Gasteiger partial charge is 0.319 e. The Labute approximate surface area is 133 Å². The second-order valence-corrected chi connectivity index (χ2v) is 6.11. The summed E-state index contributed by atoms with van der Waals surface area (Å²) in [6.45, 7) is 3.18. The molecule has 0 atom stereocenters. The van der Waals surface area contributed by atoms with Gasteiger partial charge < -0.3 is 15.5 Å². The van der Waals surface area contributed by atoms with Gasteiger partial charge in [0.1, 0.15) is 5.82 Å². The third-order valence-corrected chi connectivity index (χ3v) is 4.18. The summed E-state index contributed by atoms with van der Waals surface area (Å²) in [5.74, 6) is 0.937. The summed E-state index contributed by atoms with van der Waals surface area (Å²) in [6, 6.07) is 4.05. The molecule has 5 heteroatoms. The summed E-state index contributed by atoms with van der Waals surface area (Å²) in [4.78, 5) is 18.5. The van der Waals surface area contributed by atoms with E-state index in [0.717, 1.165) is 37.3 Å². The van der Waals surface area contributed by atoms with Crippen LogP contribution in [0.5, 0.6) is 0 Å². The minimum atomic E-state index is -0.124. The van der Waals surface area contributed by atoms with E-state index in [2.05, 4.69) is 27.4 Å². The summed E-state index contributed by atoms with van der Waals surface area (Å²) in [5, 5.41) is 5.91. The second kappa shape index (κ2) is 8.61. The molecule has 22 heavy (non-hydrogen) atoms. The normalized spacial score (nSPS) is 15.4. The molecule has 1 aliphatic rings. The number of rotatable bonds is 6. The van der Waals surface area contributed by atoms with Crippen LogP contribution in [0.2, 0.25) is 0 Å². The van der Waals surface area contributed by atoms with Gasteiger partial charge >= 0.3 is 6.03 Å². The van der Waals surface area contributed by atoms with E-state index in [1.54, 1.807) is 6.20 Å². The molecule has 1 aromatic heterocycles. The molecule has 0 unspecified atom stereocenters. The molecule has 5 nitrogen and oxygen atoms in total. The molecule has 0 aliphatic heterocycles. The van der Waals surface area contributed by atoms with Crippen LogP contribution in [0.1, 0.15) is 51.9 Å². The van der Waals surface area contributed by atoms with E-state index < -0.39 is 0 Å². The van der Waals surface area contributed by atoms with Crippen molar-refractivity contribution in [3.8, 4) is 0 Å². The second-order valence-electron chi connectivity index (χ2n) is 6.11. The Hall–Kier alpha value is -1.78. The third kappa shape index (κ3) is 5.20. The maximum absolute atomic E-state index is 12.0. The molecule has 2 N–H and O–H groups in total. The molecule has 1 fully saturated rings. The van der Waals surface area contributed by atoms with Crippen molar-refractivity contribution in [2.75, 3.05) is 23.8 Å². The lowest BCUT2D eigenvalue weighted by Crippen LogP contribution is -2.39. The highest BCUT2D eigenvalue weighted by atomic mass is 16.2. The van der Waals surface area contributed by atoms with Crippen molar-refractivity contribution >= 4 is 17.5 Å². The van der Waals surface area contributed by atoms with Gasteiger partial charge in [-0.05, 0) is 31.4 Å². The fraction of sp³-hybridized carbons (Fsp3) is 0.647. The van der Waals surface area contributed by atoms with Gasteiger partial charge in [0, 0.05) is 19.6 Å². The Morgan fingerprint density at radius 2 is 2.09 bits per heavy atom. The van der Waals surface area contributed by atoms with Crippen LogP contribution < -0.4 is 15.5 Å². The number of carbonyl (C=O) groups is 1. The molecular weight excluding hydrogens is 276 g/mol. The van der Waals surface area contributed by atoms with Crippen LogP contribution in [-0.2, 0) is 0 Å². The van der Waals surface area contributed by atoms with Gasteiger partial charge in [-0.2, -0.15) is 0 Å². The summed E-state index contributed by atoms with van der Waals surface area (Å²) in [5.41, 5.74) is 0.737. The number of anilines is 2. The van der Waals surface area contributed by atoms with Crippen LogP contribution in [0.4, 0.5) is 16.3 Å². The van der Waals surface area contributed by atoms with E-state index in [1.165, 1.54) is 25.7 Å². The van der Waals surface area contributed by atoms with Crippen molar-refractivity contribution in [3.05, 3.63) is 18.3 Å². The molecule has 0 aromatic carbocycles. The first-order valence-electron chi connectivity index (χ1n) is 8.43. The van der Waals surface area contributed by atoms with Crippen LogP contribution >= 0.6 is 0 Å². The molecule has 122 valence electrons. The zero-order chi connectivity index (χ0) is 15.8. The van der Waals surface area contributed by atoms with Gasteiger partial charge in [-0.15, -0.1) is 0 Å². The Bertz CT molecular complexity index is 454. The van der Waals surface area contributed by atoms with Gasteiger partial charge in [0.25, 0.3) is 0 Å². The highest BCUT2D eigenvalue weighted by Gasteiger charge is 2.15. The van der Waals surface area contributed by atoms with Crippen molar-refractivity contribution in [3.63, 3.8) is 0 Å². The van der Waals surface area contributed by atoms with Gasteiger partial charge in [-0.1, -0.05) is 32.6 Å². The lowest BCUT2D eigenvalue weighted by Gasteiger charge is -2.23. The molecule has 0 bridgehead atoms. The number of hydrogen-bond acceptors (Lipinski definition) is 3. The number of urea groups is 1. The molecule has 0 spiro atoms. The van der Waals surface area contributed by atoms with E-state index in [0.29, 0.717) is 6.04 Å². The number of nitrogens with zero attached hydrogens (tertiary/aromatic N) is 2. The van der Waals surface area contributed by atoms with Gasteiger partial charge in [-0.3, -0.25) is 0 Å². The van der Waals surface area contributed by atoms with E-state index in [9.17, 15) is 4.79 Å². The number of carbonyl (C=O) groups excluding carboxylic acids is 1. The predicted octanol–water partition coefficient (Wildman–Crippen LogP) is 3.77. The number of aromatic nitrogens is 1. The molecule has 1 aliphatic carbocycles. The summed E-state index contributed by atoms with van der Waals surface area (Å²) in [7, 11) is 2.04. The number of nitrogens with one attached hydrogen (secondary N) is 2. The number of amides is 2. The zero-order valence-electron chi connectivity index (χ0n) is 13.8. The van der Waals surface area contributed by atoms with Crippen LogP contribution in [0.3, 0.4) is 0 Å². The number of unbranched alkanes of at least 4 members (excludes halogenated alkanes) is 1.